The van der Waals surface area contributed by atoms with E-state index in [-0.39, 0.29) is 12.0 Å². The van der Waals surface area contributed by atoms with E-state index < -0.39 is 0 Å². The number of likely N-dealkylation sites (N-methyl/N-ethyl adjacent to an activating group) is 1. The summed E-state index contributed by atoms with van der Waals surface area (Å²) in [6, 6.07) is 0.207. The van der Waals surface area contributed by atoms with Crippen molar-refractivity contribution in [2.24, 2.45) is 0 Å². The quantitative estimate of drug-likeness (QED) is 0.341. The summed E-state index contributed by atoms with van der Waals surface area (Å²) < 4.78 is 5.63. The van der Waals surface area contributed by atoms with Gasteiger partial charge in [0, 0.05) is 0 Å². The van der Waals surface area contributed by atoms with Gasteiger partial charge in [0.2, 0.25) is 0 Å². The van der Waals surface area contributed by atoms with Crippen molar-refractivity contribution in [3.63, 3.8) is 0 Å². The Kier molecular flexibility index (Phi) is 10.8. The van der Waals surface area contributed by atoms with Crippen LogP contribution in [0.5, 0.6) is 0 Å². The Balaban J connectivity index is 3.88. The minimum atomic E-state index is -0.126. The number of hydrogen-bond acceptors (Lipinski definition) is 3. The number of carbonyl (C=O) groups excluding carboxylic acids is 1. The van der Waals surface area contributed by atoms with Gasteiger partial charge in [-0.1, -0.05) is 39.0 Å². The number of nitrogens with one attached hydrogen (secondary N) is 1. The summed E-state index contributed by atoms with van der Waals surface area (Å²) in [5.74, 6) is -0.126. The van der Waals surface area contributed by atoms with Gasteiger partial charge in [-0.2, -0.15) is 0 Å². The topological polar surface area (TPSA) is 38.3 Å². The molecule has 0 fully saturated rings. The van der Waals surface area contributed by atoms with Crippen LogP contribution in [0.4, 0.5) is 0 Å². The number of rotatable bonds is 12. The van der Waals surface area contributed by atoms with E-state index in [9.17, 15) is 4.79 Å². The van der Waals surface area contributed by atoms with E-state index in [1.807, 2.05) is 0 Å². The third kappa shape index (κ3) is 12.4. The van der Waals surface area contributed by atoms with Crippen molar-refractivity contribution in [3.8, 4) is 0 Å². The molecule has 0 aliphatic heterocycles. The average Bonchev–Trinajstić information content (AvgIpc) is 2.35. The molecule has 4 nitrogen and oxygen atoms in total. The number of nitrogens with zero attached hydrogens (tertiary/aromatic N) is 1. The predicted molar refractivity (Wildman–Crippen MR) is 84.7 cm³/mol. The molecule has 1 atom stereocenters. The molecule has 0 saturated carbocycles. The van der Waals surface area contributed by atoms with E-state index in [1.54, 1.807) is 0 Å². The Morgan fingerprint density at radius 2 is 1.70 bits per heavy atom. The molecule has 1 N–H and O–H groups in total. The molecule has 0 aromatic carbocycles. The van der Waals surface area contributed by atoms with Crippen LogP contribution in [0.25, 0.3) is 0 Å². The van der Waals surface area contributed by atoms with Crippen LogP contribution in [0.15, 0.2) is 0 Å². The Morgan fingerprint density at radius 1 is 1.10 bits per heavy atom. The van der Waals surface area contributed by atoms with Gasteiger partial charge in [-0.25, -0.2) is 0 Å². The maximum atomic E-state index is 11.4. The van der Waals surface area contributed by atoms with Gasteiger partial charge >= 0.3 is 5.97 Å². The lowest BCUT2D eigenvalue weighted by molar-refractivity contribution is -0.871. The number of quaternary nitrogens is 1. The molecule has 0 aliphatic carbocycles. The molecule has 0 amide bonds. The lowest BCUT2D eigenvalue weighted by atomic mass is 10.1. The summed E-state index contributed by atoms with van der Waals surface area (Å²) in [6.45, 7) is 4.17. The Morgan fingerprint density at radius 3 is 2.25 bits per heavy atom. The van der Waals surface area contributed by atoms with E-state index in [0.29, 0.717) is 6.42 Å². The standard InChI is InChI=1S/C16H35N2O2/c1-6-7-8-9-10-11-12-17-15(13-16(19)20-5)14-18(2,3)4/h15,17H,6-14H2,1-5H3/q+1/t15-/m1/s1. The Bertz CT molecular complexity index is 249. The number of hydrogen-bond donors (Lipinski definition) is 1. The minimum Gasteiger partial charge on any atom is -0.469 e. The summed E-state index contributed by atoms with van der Waals surface area (Å²) >= 11 is 0. The van der Waals surface area contributed by atoms with E-state index in [0.717, 1.165) is 17.6 Å². The van der Waals surface area contributed by atoms with Crippen LogP contribution in [-0.2, 0) is 9.53 Å². The normalized spacial score (nSPS) is 13.2. The minimum absolute atomic E-state index is 0.126. The molecule has 0 saturated heterocycles. The van der Waals surface area contributed by atoms with Gasteiger partial charge in [0.15, 0.2) is 0 Å². The second-order valence-corrected chi connectivity index (χ2v) is 6.67. The molecular formula is C16H35N2O2+. The number of methoxy groups -OCH3 is 1. The van der Waals surface area contributed by atoms with Gasteiger partial charge in [-0.05, 0) is 13.0 Å². The second kappa shape index (κ2) is 11.1. The zero-order chi connectivity index (χ0) is 15.4. The molecule has 0 rings (SSSR count). The van der Waals surface area contributed by atoms with Crippen molar-refractivity contribution >= 4 is 5.97 Å². The first kappa shape index (κ1) is 19.4. The van der Waals surface area contributed by atoms with Gasteiger partial charge in [0.05, 0.1) is 47.3 Å². The largest absolute Gasteiger partial charge is 0.469 e. The average molecular weight is 287 g/mol. The van der Waals surface area contributed by atoms with Crippen LogP contribution in [0, 0.1) is 0 Å². The van der Waals surface area contributed by atoms with Crippen LogP contribution in [0.2, 0.25) is 0 Å². The summed E-state index contributed by atoms with van der Waals surface area (Å²) in [7, 11) is 7.91. The predicted octanol–water partition coefficient (Wildman–Crippen LogP) is 2.57. The fourth-order valence-electron chi connectivity index (χ4n) is 2.36. The summed E-state index contributed by atoms with van der Waals surface area (Å²) in [6.07, 6.45) is 8.25. The van der Waals surface area contributed by atoms with E-state index in [1.165, 1.54) is 45.6 Å². The molecule has 0 aliphatic rings. The van der Waals surface area contributed by atoms with Gasteiger partial charge in [-0.3, -0.25) is 4.79 Å². The Labute approximate surface area is 125 Å². The molecule has 0 unspecified atom stereocenters. The lowest BCUT2D eigenvalue weighted by Crippen LogP contribution is -2.48. The number of unbranched alkanes of at least 4 members (excludes halogenated alkanes) is 5. The van der Waals surface area contributed by atoms with Crippen molar-refractivity contribution in [2.75, 3.05) is 41.3 Å². The highest BCUT2D eigenvalue weighted by molar-refractivity contribution is 5.69. The van der Waals surface area contributed by atoms with Crippen molar-refractivity contribution in [3.05, 3.63) is 0 Å². The molecule has 0 aromatic rings. The van der Waals surface area contributed by atoms with Gasteiger partial charge in [-0.15, -0.1) is 0 Å². The van der Waals surface area contributed by atoms with E-state index in [4.69, 9.17) is 4.74 Å². The van der Waals surface area contributed by atoms with E-state index in [2.05, 4.69) is 33.4 Å². The van der Waals surface area contributed by atoms with Crippen molar-refractivity contribution < 1.29 is 14.0 Å². The zero-order valence-electron chi connectivity index (χ0n) is 14.2. The molecule has 0 radical (unpaired) electrons. The zero-order valence-corrected chi connectivity index (χ0v) is 14.2. The maximum Gasteiger partial charge on any atom is 0.307 e. The number of carbonyl (C=O) groups is 1. The number of esters is 1. The van der Waals surface area contributed by atoms with Crippen molar-refractivity contribution in [1.82, 2.24) is 5.32 Å². The van der Waals surface area contributed by atoms with Crippen LogP contribution in [0.1, 0.15) is 51.9 Å². The van der Waals surface area contributed by atoms with Crippen LogP contribution in [-0.4, -0.2) is 57.8 Å². The first-order chi connectivity index (χ1) is 9.39. The fourth-order valence-corrected chi connectivity index (χ4v) is 2.36. The molecule has 0 aromatic heterocycles. The van der Waals surface area contributed by atoms with Crippen LogP contribution < -0.4 is 5.32 Å². The van der Waals surface area contributed by atoms with Crippen molar-refractivity contribution in [1.29, 1.82) is 0 Å². The lowest BCUT2D eigenvalue weighted by Gasteiger charge is -2.29. The molecule has 0 bridgehead atoms. The third-order valence-electron chi connectivity index (χ3n) is 3.37. The molecule has 0 spiro atoms. The molecule has 120 valence electrons. The first-order valence-electron chi connectivity index (χ1n) is 7.99. The second-order valence-electron chi connectivity index (χ2n) is 6.67. The maximum absolute atomic E-state index is 11.4. The SMILES string of the molecule is CCCCCCCCN[C@H](CC(=O)OC)C[N+](C)(C)C. The van der Waals surface area contributed by atoms with Crippen LogP contribution in [0.3, 0.4) is 0 Å². The summed E-state index contributed by atoms with van der Waals surface area (Å²) in [4.78, 5) is 11.4. The molecule has 4 heteroatoms. The fraction of sp³-hybridized carbons (Fsp3) is 0.938. The van der Waals surface area contributed by atoms with Gasteiger partial charge in [0.1, 0.15) is 0 Å². The molecular weight excluding hydrogens is 252 g/mol. The highest BCUT2D eigenvalue weighted by Gasteiger charge is 2.20. The van der Waals surface area contributed by atoms with Crippen molar-refractivity contribution in [2.45, 2.75) is 57.9 Å². The van der Waals surface area contributed by atoms with E-state index >= 15 is 0 Å². The van der Waals surface area contributed by atoms with Crippen LogP contribution >= 0.6 is 0 Å². The third-order valence-corrected chi connectivity index (χ3v) is 3.37. The molecule has 0 heterocycles. The Hall–Kier alpha value is -0.610. The number of ether oxygens (including phenoxy) is 1. The summed E-state index contributed by atoms with van der Waals surface area (Å²) in [5, 5.41) is 3.52. The monoisotopic (exact) mass is 287 g/mol. The van der Waals surface area contributed by atoms with Gasteiger partial charge in [0.25, 0.3) is 0 Å². The first-order valence-corrected chi connectivity index (χ1v) is 7.99. The summed E-state index contributed by atoms with van der Waals surface area (Å²) in [5.41, 5.74) is 0. The highest BCUT2D eigenvalue weighted by atomic mass is 16.5. The highest BCUT2D eigenvalue weighted by Crippen LogP contribution is 2.05. The van der Waals surface area contributed by atoms with Gasteiger partial charge < -0.3 is 14.5 Å². The molecule has 20 heavy (non-hydrogen) atoms. The smallest absolute Gasteiger partial charge is 0.307 e.